The predicted molar refractivity (Wildman–Crippen MR) is 146 cm³/mol. The Bertz CT molecular complexity index is 1190. The Balaban J connectivity index is 1.69. The molecular weight excluding hydrogens is 408 g/mol. The fourth-order valence-corrected chi connectivity index (χ4v) is 5.51. The second-order valence-corrected chi connectivity index (χ2v) is 11.9. The van der Waals surface area contributed by atoms with Crippen LogP contribution in [-0.2, 0) is 10.8 Å². The van der Waals surface area contributed by atoms with Gasteiger partial charge in [0.25, 0.3) is 0 Å². The summed E-state index contributed by atoms with van der Waals surface area (Å²) in [7, 11) is 0. The molecule has 4 aromatic carbocycles. The number of fused-ring (bicyclic) bond motifs is 3. The molecule has 1 aliphatic rings. The first kappa shape index (κ1) is 22.7. The SMILES string of the molecule is CC(C)(C)c1ccc(C(c2ccc(C(C)(C)C)cc2)C2c3ccccc3-c3ccccc32)cc1. The summed E-state index contributed by atoms with van der Waals surface area (Å²) in [5.74, 6) is 0.557. The van der Waals surface area contributed by atoms with Crippen LogP contribution in [0.4, 0.5) is 0 Å². The summed E-state index contributed by atoms with van der Waals surface area (Å²) in [5.41, 5.74) is 11.5. The fourth-order valence-electron chi connectivity index (χ4n) is 5.51. The summed E-state index contributed by atoms with van der Waals surface area (Å²) in [4.78, 5) is 0. The predicted octanol–water partition coefficient (Wildman–Crippen LogP) is 9.23. The molecule has 34 heavy (non-hydrogen) atoms. The van der Waals surface area contributed by atoms with E-state index in [1.54, 1.807) is 0 Å². The minimum atomic E-state index is 0.148. The van der Waals surface area contributed by atoms with E-state index in [2.05, 4.69) is 139 Å². The van der Waals surface area contributed by atoms with Gasteiger partial charge in [0.15, 0.2) is 0 Å². The Morgan fingerprint density at radius 1 is 0.471 bits per heavy atom. The van der Waals surface area contributed by atoms with Crippen LogP contribution >= 0.6 is 0 Å². The lowest BCUT2D eigenvalue weighted by Gasteiger charge is -2.29. The van der Waals surface area contributed by atoms with Crippen LogP contribution < -0.4 is 0 Å². The van der Waals surface area contributed by atoms with Crippen molar-refractivity contribution in [2.45, 2.75) is 64.2 Å². The standard InChI is InChI=1S/C34H36/c1-33(2,3)25-19-15-23(16-20-25)31(24-17-21-26(22-18-24)34(4,5)6)32-29-13-9-7-11-27(29)28-12-8-10-14-30(28)32/h7-22,31-32H,1-6H3. The van der Waals surface area contributed by atoms with Gasteiger partial charge in [-0.15, -0.1) is 0 Å². The van der Waals surface area contributed by atoms with Gasteiger partial charge in [0, 0.05) is 11.8 Å². The van der Waals surface area contributed by atoms with E-state index in [-0.39, 0.29) is 16.7 Å². The number of hydrogen-bond donors (Lipinski definition) is 0. The lowest BCUT2D eigenvalue weighted by molar-refractivity contribution is 0.588. The highest BCUT2D eigenvalue weighted by Crippen LogP contribution is 2.53. The highest BCUT2D eigenvalue weighted by molar-refractivity contribution is 5.79. The molecule has 0 N–H and O–H groups in total. The third-order valence-electron chi connectivity index (χ3n) is 7.49. The number of hydrogen-bond acceptors (Lipinski definition) is 0. The average Bonchev–Trinajstić information content (AvgIpc) is 3.14. The molecule has 0 heteroatoms. The van der Waals surface area contributed by atoms with Crippen molar-refractivity contribution in [3.63, 3.8) is 0 Å². The van der Waals surface area contributed by atoms with Crippen molar-refractivity contribution < 1.29 is 0 Å². The van der Waals surface area contributed by atoms with Gasteiger partial charge >= 0.3 is 0 Å². The fraction of sp³-hybridized carbons (Fsp3) is 0.294. The average molecular weight is 445 g/mol. The quantitative estimate of drug-likeness (QED) is 0.295. The Morgan fingerprint density at radius 3 is 1.18 bits per heavy atom. The molecule has 0 heterocycles. The normalized spacial score (nSPS) is 13.7. The first-order valence-corrected chi connectivity index (χ1v) is 12.5. The summed E-state index contributed by atoms with van der Waals surface area (Å²) in [6.45, 7) is 13.7. The minimum Gasteiger partial charge on any atom is -0.0619 e. The molecule has 172 valence electrons. The van der Waals surface area contributed by atoms with Crippen LogP contribution in [0, 0.1) is 0 Å². The van der Waals surface area contributed by atoms with E-state index in [0.29, 0.717) is 5.92 Å². The zero-order valence-electron chi connectivity index (χ0n) is 21.4. The Kier molecular flexibility index (Phi) is 5.52. The molecule has 0 aliphatic heterocycles. The van der Waals surface area contributed by atoms with E-state index in [4.69, 9.17) is 0 Å². The maximum atomic E-state index is 2.37. The van der Waals surface area contributed by atoms with E-state index >= 15 is 0 Å². The minimum absolute atomic E-state index is 0.148. The van der Waals surface area contributed by atoms with Gasteiger partial charge in [-0.3, -0.25) is 0 Å². The van der Waals surface area contributed by atoms with Gasteiger partial charge in [-0.25, -0.2) is 0 Å². The molecule has 0 atom stereocenters. The van der Waals surface area contributed by atoms with Crippen molar-refractivity contribution in [2.24, 2.45) is 0 Å². The molecule has 0 saturated carbocycles. The largest absolute Gasteiger partial charge is 0.0619 e. The molecule has 0 nitrogen and oxygen atoms in total. The van der Waals surface area contributed by atoms with Gasteiger partial charge in [0.2, 0.25) is 0 Å². The summed E-state index contributed by atoms with van der Waals surface area (Å²) >= 11 is 0. The molecule has 1 aliphatic carbocycles. The van der Waals surface area contributed by atoms with Crippen molar-refractivity contribution >= 4 is 0 Å². The lowest BCUT2D eigenvalue weighted by atomic mass is 9.74. The van der Waals surface area contributed by atoms with Crippen LogP contribution in [0.15, 0.2) is 97.1 Å². The lowest BCUT2D eigenvalue weighted by Crippen LogP contribution is -2.15. The van der Waals surface area contributed by atoms with E-state index in [1.165, 1.54) is 44.5 Å². The zero-order valence-corrected chi connectivity index (χ0v) is 21.4. The Labute approximate surface area is 205 Å². The van der Waals surface area contributed by atoms with Gasteiger partial charge in [-0.1, -0.05) is 139 Å². The van der Waals surface area contributed by atoms with Crippen molar-refractivity contribution in [1.29, 1.82) is 0 Å². The molecule has 5 rings (SSSR count). The van der Waals surface area contributed by atoms with Crippen molar-refractivity contribution in [1.82, 2.24) is 0 Å². The van der Waals surface area contributed by atoms with Crippen LogP contribution in [0.25, 0.3) is 11.1 Å². The molecule has 0 amide bonds. The van der Waals surface area contributed by atoms with Gasteiger partial charge < -0.3 is 0 Å². The van der Waals surface area contributed by atoms with E-state index in [0.717, 1.165) is 0 Å². The maximum absolute atomic E-state index is 2.37. The van der Waals surface area contributed by atoms with E-state index in [1.807, 2.05) is 0 Å². The second kappa shape index (κ2) is 8.27. The zero-order chi connectivity index (χ0) is 24.1. The molecule has 0 radical (unpaired) electrons. The molecule has 4 aromatic rings. The van der Waals surface area contributed by atoms with Crippen molar-refractivity contribution in [3.05, 3.63) is 130 Å². The van der Waals surface area contributed by atoms with Crippen LogP contribution in [0.5, 0.6) is 0 Å². The van der Waals surface area contributed by atoms with Crippen LogP contribution in [0.1, 0.15) is 86.8 Å². The molecule has 0 spiro atoms. The molecule has 0 bridgehead atoms. The van der Waals surface area contributed by atoms with Crippen molar-refractivity contribution in [3.8, 4) is 11.1 Å². The highest BCUT2D eigenvalue weighted by Gasteiger charge is 2.36. The number of benzene rings is 4. The topological polar surface area (TPSA) is 0 Å². The van der Waals surface area contributed by atoms with Crippen LogP contribution in [-0.4, -0.2) is 0 Å². The van der Waals surface area contributed by atoms with Gasteiger partial charge in [0.05, 0.1) is 0 Å². The van der Waals surface area contributed by atoms with Crippen molar-refractivity contribution in [2.75, 3.05) is 0 Å². The van der Waals surface area contributed by atoms with Gasteiger partial charge in [-0.05, 0) is 55.3 Å². The van der Waals surface area contributed by atoms with E-state index < -0.39 is 0 Å². The Morgan fingerprint density at radius 2 is 0.824 bits per heavy atom. The maximum Gasteiger partial charge on any atom is 0.0211 e. The molecule has 0 saturated heterocycles. The highest BCUT2D eigenvalue weighted by atomic mass is 14.4. The van der Waals surface area contributed by atoms with Gasteiger partial charge in [-0.2, -0.15) is 0 Å². The summed E-state index contributed by atoms with van der Waals surface area (Å²) in [6, 6.07) is 36.8. The monoisotopic (exact) mass is 444 g/mol. The summed E-state index contributed by atoms with van der Waals surface area (Å²) in [6.07, 6.45) is 0. The molecule has 0 unspecified atom stereocenters. The van der Waals surface area contributed by atoms with E-state index in [9.17, 15) is 0 Å². The van der Waals surface area contributed by atoms with Crippen LogP contribution in [0.2, 0.25) is 0 Å². The third-order valence-corrected chi connectivity index (χ3v) is 7.49. The smallest absolute Gasteiger partial charge is 0.0211 e. The molecule has 0 fully saturated rings. The molecular formula is C34H36. The molecule has 0 aromatic heterocycles. The summed E-state index contributed by atoms with van der Waals surface area (Å²) in [5, 5.41) is 0. The third kappa shape index (κ3) is 4.00. The Hall–Kier alpha value is -3.12. The first-order valence-electron chi connectivity index (χ1n) is 12.5. The van der Waals surface area contributed by atoms with Gasteiger partial charge in [0.1, 0.15) is 0 Å². The summed E-state index contributed by atoms with van der Waals surface area (Å²) < 4.78 is 0. The first-order chi connectivity index (χ1) is 16.1. The second-order valence-electron chi connectivity index (χ2n) is 11.9. The number of rotatable bonds is 3. The van der Waals surface area contributed by atoms with Crippen LogP contribution in [0.3, 0.4) is 0 Å².